The van der Waals surface area contributed by atoms with E-state index >= 15 is 0 Å². The van der Waals surface area contributed by atoms with Crippen LogP contribution in [-0.2, 0) is 37.5 Å². The van der Waals surface area contributed by atoms with E-state index in [0.29, 0.717) is 12.8 Å². The van der Waals surface area contributed by atoms with Crippen molar-refractivity contribution >= 4 is 25.7 Å². The predicted molar refractivity (Wildman–Crippen MR) is 249 cm³/mol. The fourth-order valence-electron chi connectivity index (χ4n) is 7.04. The highest BCUT2D eigenvalue weighted by atomic mass is 31.2. The smallest absolute Gasteiger partial charge is 0.472 e. The Hall–Kier alpha value is -2.04. The molecule has 1 unspecified atom stereocenters. The molecule has 0 aliphatic heterocycles. The van der Waals surface area contributed by atoms with Crippen LogP contribution in [0.15, 0.2) is 24.3 Å². The van der Waals surface area contributed by atoms with E-state index in [9.17, 15) is 23.8 Å². The highest BCUT2D eigenvalue weighted by Gasteiger charge is 2.28. The maximum atomic E-state index is 12.7. The molecule has 0 aliphatic rings. The summed E-state index contributed by atoms with van der Waals surface area (Å²) < 4.78 is 32.8. The Morgan fingerprint density at radius 1 is 0.508 bits per heavy atom. The first-order valence-corrected chi connectivity index (χ1v) is 26.4. The minimum absolute atomic E-state index is 0.159. The standard InChI is InChI=1S/C49H92NO10P/c1-3-5-7-9-11-13-15-17-19-21-23-25-27-29-31-33-35-37-39-41-48(52)60-45(43-58-61(55,56)59-44-46(50)49(53)54)42-57-47(51)40-38-36-34-32-30-28-26-24-22-20-18-16-14-12-10-8-6-4-2/h11,13,17,19,45-46H,3-10,12,14-16,18,20-44,50H2,1-2H3,(H,53,54)(H,55,56)/b13-11+,19-17+/t45-,46+/m1/s1. The van der Waals surface area contributed by atoms with Gasteiger partial charge in [-0.25, -0.2) is 4.57 Å². The van der Waals surface area contributed by atoms with E-state index in [4.69, 9.17) is 24.8 Å². The first-order chi connectivity index (χ1) is 29.6. The van der Waals surface area contributed by atoms with Crippen molar-refractivity contribution in [2.45, 2.75) is 251 Å². The van der Waals surface area contributed by atoms with Crippen molar-refractivity contribution in [3.63, 3.8) is 0 Å². The van der Waals surface area contributed by atoms with E-state index in [2.05, 4.69) is 42.7 Å². The summed E-state index contributed by atoms with van der Waals surface area (Å²) in [6, 6.07) is -1.52. The monoisotopic (exact) mass is 886 g/mol. The summed E-state index contributed by atoms with van der Waals surface area (Å²) in [4.78, 5) is 46.1. The van der Waals surface area contributed by atoms with Gasteiger partial charge in [-0.3, -0.25) is 23.4 Å². The zero-order valence-electron chi connectivity index (χ0n) is 39.0. The number of phosphoric ester groups is 1. The van der Waals surface area contributed by atoms with Crippen LogP contribution in [-0.4, -0.2) is 59.9 Å². The van der Waals surface area contributed by atoms with Crippen molar-refractivity contribution < 1.29 is 47.5 Å². The number of nitrogens with two attached hydrogens (primary N) is 1. The SMILES string of the molecule is CCCCC/C=C/C/C=C/CCCCCCCCCCCC(=O)O[C@H](COC(=O)CCCCCCCCCCCCCCCCCCCC)COP(=O)(O)OC[C@H](N)C(=O)O. The Bertz CT molecular complexity index is 1130. The molecule has 12 heteroatoms. The van der Waals surface area contributed by atoms with E-state index in [0.717, 1.165) is 51.4 Å². The van der Waals surface area contributed by atoms with Gasteiger partial charge in [0.2, 0.25) is 0 Å². The lowest BCUT2D eigenvalue weighted by molar-refractivity contribution is -0.161. The Balaban J connectivity index is 4.25. The number of phosphoric acid groups is 1. The molecule has 358 valence electrons. The lowest BCUT2D eigenvalue weighted by Gasteiger charge is -2.20. The molecule has 0 saturated carbocycles. The average Bonchev–Trinajstić information content (AvgIpc) is 3.24. The third-order valence-electron chi connectivity index (χ3n) is 11.0. The molecule has 0 aliphatic carbocycles. The summed E-state index contributed by atoms with van der Waals surface area (Å²) in [6.45, 7) is 2.82. The lowest BCUT2D eigenvalue weighted by atomic mass is 10.0. The molecule has 0 aromatic heterocycles. The molecule has 0 spiro atoms. The van der Waals surface area contributed by atoms with E-state index in [1.54, 1.807) is 0 Å². The number of carbonyl (C=O) groups excluding carboxylic acids is 2. The summed E-state index contributed by atoms with van der Waals surface area (Å²) >= 11 is 0. The highest BCUT2D eigenvalue weighted by Crippen LogP contribution is 2.43. The van der Waals surface area contributed by atoms with E-state index < -0.39 is 51.1 Å². The topological polar surface area (TPSA) is 172 Å². The van der Waals surface area contributed by atoms with Crippen LogP contribution in [0.2, 0.25) is 0 Å². The number of carbonyl (C=O) groups is 3. The second-order valence-electron chi connectivity index (χ2n) is 17.0. The maximum absolute atomic E-state index is 12.7. The van der Waals surface area contributed by atoms with Crippen molar-refractivity contribution in [1.82, 2.24) is 0 Å². The number of allylic oxidation sites excluding steroid dienone is 4. The molecule has 0 saturated heterocycles. The third-order valence-corrected chi connectivity index (χ3v) is 11.9. The van der Waals surface area contributed by atoms with Crippen LogP contribution in [0.5, 0.6) is 0 Å². The summed E-state index contributed by atoms with van der Waals surface area (Å²) in [6.07, 6.45) is 48.0. The van der Waals surface area contributed by atoms with Crippen LogP contribution in [0.3, 0.4) is 0 Å². The molecule has 0 fully saturated rings. The number of carboxylic acids is 1. The molecule has 0 radical (unpaired) electrons. The van der Waals surface area contributed by atoms with E-state index in [1.807, 2.05) is 0 Å². The van der Waals surface area contributed by atoms with Crippen molar-refractivity contribution in [3.05, 3.63) is 24.3 Å². The van der Waals surface area contributed by atoms with Crippen LogP contribution in [0.1, 0.15) is 239 Å². The van der Waals surface area contributed by atoms with Gasteiger partial charge < -0.3 is 25.2 Å². The Morgan fingerprint density at radius 2 is 0.869 bits per heavy atom. The quantitative estimate of drug-likeness (QED) is 0.0230. The molecule has 0 amide bonds. The van der Waals surface area contributed by atoms with Gasteiger partial charge in [-0.05, 0) is 44.9 Å². The zero-order chi connectivity index (χ0) is 44.9. The van der Waals surface area contributed by atoms with Crippen molar-refractivity contribution in [2.24, 2.45) is 5.73 Å². The van der Waals surface area contributed by atoms with Crippen LogP contribution >= 0.6 is 7.82 Å². The number of ether oxygens (including phenoxy) is 2. The Kier molecular flexibility index (Phi) is 43.1. The van der Waals surface area contributed by atoms with Crippen molar-refractivity contribution in [2.75, 3.05) is 19.8 Å². The summed E-state index contributed by atoms with van der Waals surface area (Å²) in [7, 11) is -4.72. The molecular weight excluding hydrogens is 794 g/mol. The minimum atomic E-state index is -4.72. The molecule has 4 N–H and O–H groups in total. The van der Waals surface area contributed by atoms with Gasteiger partial charge in [0.15, 0.2) is 6.10 Å². The molecule has 0 bridgehead atoms. The summed E-state index contributed by atoms with van der Waals surface area (Å²) in [5.41, 5.74) is 5.35. The summed E-state index contributed by atoms with van der Waals surface area (Å²) in [5, 5.41) is 8.91. The molecule has 0 rings (SSSR count). The van der Waals surface area contributed by atoms with Crippen molar-refractivity contribution in [1.29, 1.82) is 0 Å². The fraction of sp³-hybridized carbons (Fsp3) is 0.857. The number of carboxylic acid groups (broad SMARTS) is 1. The maximum Gasteiger partial charge on any atom is 0.472 e. The summed E-state index contributed by atoms with van der Waals surface area (Å²) in [5.74, 6) is -2.37. The molecule has 0 heterocycles. The van der Waals surface area contributed by atoms with Crippen LogP contribution in [0.4, 0.5) is 0 Å². The number of aliphatic carboxylic acids is 1. The van der Waals surface area contributed by atoms with Gasteiger partial charge in [-0.1, -0.05) is 205 Å². The van der Waals surface area contributed by atoms with Gasteiger partial charge in [-0.2, -0.15) is 0 Å². The number of esters is 2. The second kappa shape index (κ2) is 44.6. The van der Waals surface area contributed by atoms with Crippen LogP contribution in [0, 0.1) is 0 Å². The molecule has 61 heavy (non-hydrogen) atoms. The van der Waals surface area contributed by atoms with Crippen LogP contribution < -0.4 is 5.73 Å². The normalized spacial score (nSPS) is 13.8. The van der Waals surface area contributed by atoms with Gasteiger partial charge >= 0.3 is 25.7 Å². The van der Waals surface area contributed by atoms with Gasteiger partial charge in [0.1, 0.15) is 12.6 Å². The fourth-order valence-corrected chi connectivity index (χ4v) is 7.82. The van der Waals surface area contributed by atoms with Gasteiger partial charge in [0.05, 0.1) is 13.2 Å². The van der Waals surface area contributed by atoms with E-state index in [1.165, 1.54) is 148 Å². The van der Waals surface area contributed by atoms with Gasteiger partial charge in [0, 0.05) is 12.8 Å². The third kappa shape index (κ3) is 44.4. The molecule has 11 nitrogen and oxygen atoms in total. The zero-order valence-corrected chi connectivity index (χ0v) is 39.9. The molecule has 3 atom stereocenters. The largest absolute Gasteiger partial charge is 0.480 e. The number of unbranched alkanes of at least 4 members (excludes halogenated alkanes) is 29. The van der Waals surface area contributed by atoms with Gasteiger partial charge in [0.25, 0.3) is 0 Å². The van der Waals surface area contributed by atoms with Gasteiger partial charge in [-0.15, -0.1) is 0 Å². The van der Waals surface area contributed by atoms with Crippen molar-refractivity contribution in [3.8, 4) is 0 Å². The lowest BCUT2D eigenvalue weighted by Crippen LogP contribution is -2.34. The van der Waals surface area contributed by atoms with E-state index in [-0.39, 0.29) is 19.4 Å². The first kappa shape index (κ1) is 59.0. The molecule has 0 aromatic carbocycles. The second-order valence-corrected chi connectivity index (χ2v) is 18.4. The van der Waals surface area contributed by atoms with Crippen LogP contribution in [0.25, 0.3) is 0 Å². The number of rotatable bonds is 47. The minimum Gasteiger partial charge on any atom is -0.480 e. The predicted octanol–water partition coefficient (Wildman–Crippen LogP) is 13.8. The molecular formula is C49H92NO10P. The first-order valence-electron chi connectivity index (χ1n) is 24.9. The number of hydrogen-bond acceptors (Lipinski definition) is 9. The molecule has 0 aromatic rings. The highest BCUT2D eigenvalue weighted by molar-refractivity contribution is 7.47. The Labute approximate surface area is 372 Å². The average molecular weight is 886 g/mol. The Morgan fingerprint density at radius 3 is 1.31 bits per heavy atom. The number of hydrogen-bond donors (Lipinski definition) is 3.